The van der Waals surface area contributed by atoms with Gasteiger partial charge in [-0.3, -0.25) is 4.79 Å². The molecule has 0 amide bonds. The van der Waals surface area contributed by atoms with Gasteiger partial charge in [0.15, 0.2) is 0 Å². The summed E-state index contributed by atoms with van der Waals surface area (Å²) in [7, 11) is 0. The largest absolute Gasteiger partial charge is 0.301 e. The van der Waals surface area contributed by atoms with Gasteiger partial charge >= 0.3 is 6.04 Å². The smallest absolute Gasteiger partial charge is 0.261 e. The van der Waals surface area contributed by atoms with Crippen LogP contribution < -0.4 is 0 Å². The predicted octanol–water partition coefficient (Wildman–Crippen LogP) is 2.12. The van der Waals surface area contributed by atoms with Crippen molar-refractivity contribution in [3.63, 3.8) is 0 Å². The minimum absolute atomic E-state index is 0.00991. The SMILES string of the molecule is O=C(F)CCc1ccccc1. The first-order chi connectivity index (χ1) is 5.29. The summed E-state index contributed by atoms with van der Waals surface area (Å²) in [5.41, 5.74) is 0.999. The molecule has 0 fully saturated rings. The Labute approximate surface area is 64.9 Å². The molecule has 0 bridgehead atoms. The van der Waals surface area contributed by atoms with Crippen molar-refractivity contribution >= 4 is 6.04 Å². The Hall–Kier alpha value is -1.18. The number of carbonyl (C=O) groups excluding carboxylic acids is 1. The summed E-state index contributed by atoms with van der Waals surface area (Å²) < 4.78 is 11.7. The van der Waals surface area contributed by atoms with E-state index in [0.29, 0.717) is 6.42 Å². The average molecular weight is 152 g/mol. The Morgan fingerprint density at radius 3 is 2.45 bits per heavy atom. The highest BCUT2D eigenvalue weighted by Gasteiger charge is 1.97. The van der Waals surface area contributed by atoms with Crippen molar-refractivity contribution < 1.29 is 9.18 Å². The summed E-state index contributed by atoms with van der Waals surface area (Å²) in [5, 5.41) is 0. The monoisotopic (exact) mass is 152 g/mol. The normalized spacial score (nSPS) is 9.55. The van der Waals surface area contributed by atoms with Crippen LogP contribution >= 0.6 is 0 Å². The lowest BCUT2D eigenvalue weighted by Gasteiger charge is -1.94. The molecule has 1 aromatic rings. The molecule has 1 nitrogen and oxygen atoms in total. The fourth-order valence-corrected chi connectivity index (χ4v) is 0.887. The average Bonchev–Trinajstić information content (AvgIpc) is 2.03. The molecule has 11 heavy (non-hydrogen) atoms. The quantitative estimate of drug-likeness (QED) is 0.606. The summed E-state index contributed by atoms with van der Waals surface area (Å²) >= 11 is 0. The third-order valence-corrected chi connectivity index (χ3v) is 1.45. The second-order valence-electron chi connectivity index (χ2n) is 2.34. The van der Waals surface area contributed by atoms with Crippen molar-refractivity contribution in [1.29, 1.82) is 0 Å². The van der Waals surface area contributed by atoms with Crippen LogP contribution in [0.4, 0.5) is 4.39 Å². The summed E-state index contributed by atoms with van der Waals surface area (Å²) in [5.74, 6) is 0. The maximum atomic E-state index is 11.7. The zero-order valence-corrected chi connectivity index (χ0v) is 6.09. The highest BCUT2D eigenvalue weighted by molar-refractivity contribution is 5.68. The lowest BCUT2D eigenvalue weighted by atomic mass is 10.1. The molecule has 0 unspecified atom stereocenters. The minimum atomic E-state index is -1.24. The third-order valence-electron chi connectivity index (χ3n) is 1.45. The first kappa shape index (κ1) is 7.92. The van der Waals surface area contributed by atoms with Gasteiger partial charge in [0.05, 0.1) is 0 Å². The van der Waals surface area contributed by atoms with E-state index in [9.17, 15) is 9.18 Å². The molecule has 2 heteroatoms. The standard InChI is InChI=1S/C9H9FO/c10-9(11)7-6-8-4-2-1-3-5-8/h1-5H,6-7H2. The highest BCUT2D eigenvalue weighted by atomic mass is 19.1. The molecule has 0 spiro atoms. The molecule has 0 aromatic heterocycles. The Balaban J connectivity index is 2.45. The highest BCUT2D eigenvalue weighted by Crippen LogP contribution is 2.02. The van der Waals surface area contributed by atoms with Gasteiger partial charge in [-0.25, -0.2) is 0 Å². The van der Waals surface area contributed by atoms with Gasteiger partial charge in [0.1, 0.15) is 0 Å². The van der Waals surface area contributed by atoms with E-state index in [1.54, 1.807) is 0 Å². The second-order valence-corrected chi connectivity index (χ2v) is 2.34. The maximum absolute atomic E-state index is 11.7. The fourth-order valence-electron chi connectivity index (χ4n) is 0.887. The number of hydrogen-bond acceptors (Lipinski definition) is 1. The molecule has 1 aromatic carbocycles. The van der Waals surface area contributed by atoms with Gasteiger partial charge in [-0.2, -0.15) is 4.39 Å². The molecule has 0 aliphatic rings. The summed E-state index contributed by atoms with van der Waals surface area (Å²) in [6.45, 7) is 0. The van der Waals surface area contributed by atoms with Crippen LogP contribution in [-0.2, 0) is 11.2 Å². The Kier molecular flexibility index (Phi) is 2.78. The number of benzene rings is 1. The van der Waals surface area contributed by atoms with Crippen LogP contribution in [0.5, 0.6) is 0 Å². The van der Waals surface area contributed by atoms with Crippen LogP contribution in [0.1, 0.15) is 12.0 Å². The molecule has 0 N–H and O–H groups in total. The van der Waals surface area contributed by atoms with Crippen molar-refractivity contribution in [1.82, 2.24) is 0 Å². The van der Waals surface area contributed by atoms with Crippen molar-refractivity contribution in [3.8, 4) is 0 Å². The van der Waals surface area contributed by atoms with Gasteiger partial charge in [-0.15, -0.1) is 0 Å². The topological polar surface area (TPSA) is 17.1 Å². The Bertz CT molecular complexity index is 231. The van der Waals surface area contributed by atoms with Crippen LogP contribution in [0, 0.1) is 0 Å². The summed E-state index contributed by atoms with van der Waals surface area (Å²) in [6, 6.07) is 8.15. The van der Waals surface area contributed by atoms with E-state index in [2.05, 4.69) is 0 Å². The maximum Gasteiger partial charge on any atom is 0.301 e. The lowest BCUT2D eigenvalue weighted by molar-refractivity contribution is -0.129. The number of halogens is 1. The predicted molar refractivity (Wildman–Crippen MR) is 40.9 cm³/mol. The van der Waals surface area contributed by atoms with Crippen LogP contribution in [0.15, 0.2) is 30.3 Å². The summed E-state index contributed by atoms with van der Waals surface area (Å²) in [6.07, 6.45) is 0.486. The zero-order valence-electron chi connectivity index (χ0n) is 6.09. The number of rotatable bonds is 3. The van der Waals surface area contributed by atoms with Gasteiger partial charge in [0.2, 0.25) is 0 Å². The second kappa shape index (κ2) is 3.86. The van der Waals surface area contributed by atoms with Gasteiger partial charge in [0, 0.05) is 6.42 Å². The number of carbonyl (C=O) groups is 1. The molecule has 0 saturated heterocycles. The van der Waals surface area contributed by atoms with E-state index in [1.165, 1.54) is 0 Å². The van der Waals surface area contributed by atoms with Crippen LogP contribution in [-0.4, -0.2) is 6.04 Å². The zero-order chi connectivity index (χ0) is 8.10. The molecule has 58 valence electrons. The molecule has 0 atom stereocenters. The Morgan fingerprint density at radius 1 is 1.27 bits per heavy atom. The molecule has 0 aliphatic carbocycles. The van der Waals surface area contributed by atoms with Crippen molar-refractivity contribution in [2.75, 3.05) is 0 Å². The lowest BCUT2D eigenvalue weighted by Crippen LogP contribution is -1.91. The number of aryl methyl sites for hydroxylation is 1. The van der Waals surface area contributed by atoms with Gasteiger partial charge in [0.25, 0.3) is 0 Å². The molecule has 0 radical (unpaired) electrons. The molecule has 0 saturated carbocycles. The van der Waals surface area contributed by atoms with E-state index in [1.807, 2.05) is 30.3 Å². The van der Waals surface area contributed by atoms with Gasteiger partial charge in [-0.1, -0.05) is 30.3 Å². The molecular formula is C9H9FO. The summed E-state index contributed by atoms with van der Waals surface area (Å²) in [4.78, 5) is 9.95. The first-order valence-corrected chi connectivity index (χ1v) is 3.51. The Morgan fingerprint density at radius 2 is 1.91 bits per heavy atom. The minimum Gasteiger partial charge on any atom is -0.261 e. The van der Waals surface area contributed by atoms with Crippen molar-refractivity contribution in [3.05, 3.63) is 35.9 Å². The number of hydrogen-bond donors (Lipinski definition) is 0. The van der Waals surface area contributed by atoms with Crippen molar-refractivity contribution in [2.45, 2.75) is 12.8 Å². The molecule has 1 rings (SSSR count). The van der Waals surface area contributed by atoms with Crippen LogP contribution in [0.25, 0.3) is 0 Å². The van der Waals surface area contributed by atoms with E-state index in [4.69, 9.17) is 0 Å². The van der Waals surface area contributed by atoms with E-state index in [-0.39, 0.29) is 6.42 Å². The van der Waals surface area contributed by atoms with Crippen LogP contribution in [0.3, 0.4) is 0 Å². The van der Waals surface area contributed by atoms with E-state index in [0.717, 1.165) is 5.56 Å². The van der Waals surface area contributed by atoms with Gasteiger partial charge < -0.3 is 0 Å². The first-order valence-electron chi connectivity index (χ1n) is 3.51. The fraction of sp³-hybridized carbons (Fsp3) is 0.222. The van der Waals surface area contributed by atoms with Crippen LogP contribution in [0.2, 0.25) is 0 Å². The van der Waals surface area contributed by atoms with E-state index >= 15 is 0 Å². The third kappa shape index (κ3) is 2.94. The molecule has 0 aliphatic heterocycles. The van der Waals surface area contributed by atoms with E-state index < -0.39 is 6.04 Å². The molecule has 0 heterocycles. The van der Waals surface area contributed by atoms with Crippen molar-refractivity contribution in [2.24, 2.45) is 0 Å². The molecular weight excluding hydrogens is 143 g/mol. The van der Waals surface area contributed by atoms with Gasteiger partial charge in [-0.05, 0) is 12.0 Å².